The Balaban J connectivity index is 1.31. The van der Waals surface area contributed by atoms with Crippen molar-refractivity contribution in [3.05, 3.63) is 17.5 Å². The molecule has 5 nitrogen and oxygen atoms in total. The lowest BCUT2D eigenvalue weighted by Gasteiger charge is -2.48. The number of nitrogens with zero attached hydrogens (tertiary/aromatic N) is 2. The highest BCUT2D eigenvalue weighted by Gasteiger charge is 2.44. The summed E-state index contributed by atoms with van der Waals surface area (Å²) in [4.78, 5) is 2.43. The number of ether oxygens (including phenoxy) is 1. The topological polar surface area (TPSA) is 58.7 Å². The molecule has 1 aromatic heterocycles. The van der Waals surface area contributed by atoms with Crippen LogP contribution in [-0.2, 0) is 11.3 Å². The van der Waals surface area contributed by atoms with Gasteiger partial charge in [-0.15, -0.1) is 0 Å². The van der Waals surface area contributed by atoms with Crippen LogP contribution in [0, 0.1) is 0 Å². The van der Waals surface area contributed by atoms with Crippen molar-refractivity contribution >= 4 is 0 Å². The van der Waals surface area contributed by atoms with E-state index < -0.39 is 5.60 Å². The average molecular weight is 348 g/mol. The van der Waals surface area contributed by atoms with Gasteiger partial charge in [0, 0.05) is 31.5 Å². The molecule has 0 amide bonds. The molecule has 3 aliphatic rings. The number of hydrogen-bond donors (Lipinski definition) is 1. The SMILES string of the molecule is CC1(O)CCOC2(CCN(Cc3cc(C4CCCCC4)no3)CC2)C1. The molecule has 1 aromatic rings. The van der Waals surface area contributed by atoms with Gasteiger partial charge in [0.05, 0.1) is 30.0 Å². The highest BCUT2D eigenvalue weighted by atomic mass is 16.5. The van der Waals surface area contributed by atoms with Crippen molar-refractivity contribution in [2.75, 3.05) is 19.7 Å². The largest absolute Gasteiger partial charge is 0.390 e. The highest BCUT2D eigenvalue weighted by Crippen LogP contribution is 2.39. The Labute approximate surface area is 150 Å². The summed E-state index contributed by atoms with van der Waals surface area (Å²) in [6, 6.07) is 2.18. The molecule has 5 heteroatoms. The van der Waals surface area contributed by atoms with Crippen molar-refractivity contribution in [2.24, 2.45) is 0 Å². The van der Waals surface area contributed by atoms with Crippen LogP contribution in [0.2, 0.25) is 0 Å². The highest BCUT2D eigenvalue weighted by molar-refractivity contribution is 5.11. The summed E-state index contributed by atoms with van der Waals surface area (Å²) in [6.45, 7) is 5.46. The first-order valence-electron chi connectivity index (χ1n) is 10.1. The molecule has 3 fully saturated rings. The van der Waals surface area contributed by atoms with Gasteiger partial charge in [-0.3, -0.25) is 4.90 Å². The van der Waals surface area contributed by atoms with Gasteiger partial charge in [-0.25, -0.2) is 0 Å². The Morgan fingerprint density at radius 3 is 2.68 bits per heavy atom. The van der Waals surface area contributed by atoms with Crippen molar-refractivity contribution in [1.29, 1.82) is 0 Å². The fourth-order valence-corrected chi connectivity index (χ4v) is 4.98. The molecular weight excluding hydrogens is 316 g/mol. The second-order valence-corrected chi connectivity index (χ2v) is 8.78. The van der Waals surface area contributed by atoms with E-state index in [0.717, 1.165) is 56.8 Å². The van der Waals surface area contributed by atoms with E-state index >= 15 is 0 Å². The molecule has 25 heavy (non-hydrogen) atoms. The summed E-state index contributed by atoms with van der Waals surface area (Å²) in [5, 5.41) is 14.8. The Morgan fingerprint density at radius 1 is 1.20 bits per heavy atom. The first kappa shape index (κ1) is 17.5. The zero-order valence-corrected chi connectivity index (χ0v) is 15.5. The van der Waals surface area contributed by atoms with Gasteiger partial charge in [-0.1, -0.05) is 24.4 Å². The van der Waals surface area contributed by atoms with Crippen LogP contribution in [0.3, 0.4) is 0 Å². The van der Waals surface area contributed by atoms with Crippen LogP contribution in [0.25, 0.3) is 0 Å². The summed E-state index contributed by atoms with van der Waals surface area (Å²) in [5.41, 5.74) is 0.475. The molecule has 4 rings (SSSR count). The molecule has 2 aliphatic heterocycles. The van der Waals surface area contributed by atoms with Crippen LogP contribution in [0.4, 0.5) is 0 Å². The van der Waals surface area contributed by atoms with Crippen molar-refractivity contribution in [3.63, 3.8) is 0 Å². The fourth-order valence-electron chi connectivity index (χ4n) is 4.98. The van der Waals surface area contributed by atoms with Gasteiger partial charge in [0.2, 0.25) is 0 Å². The summed E-state index contributed by atoms with van der Waals surface area (Å²) >= 11 is 0. The van der Waals surface area contributed by atoms with Crippen LogP contribution in [0.1, 0.15) is 82.1 Å². The maximum atomic E-state index is 10.4. The molecule has 140 valence electrons. The summed E-state index contributed by atoms with van der Waals surface area (Å²) in [6.07, 6.45) is 10.0. The maximum Gasteiger partial charge on any atom is 0.150 e. The molecule has 1 spiro atoms. The summed E-state index contributed by atoms with van der Waals surface area (Å²) in [7, 11) is 0. The molecule has 1 N–H and O–H groups in total. The predicted molar refractivity (Wildman–Crippen MR) is 95.4 cm³/mol. The van der Waals surface area contributed by atoms with E-state index in [1.54, 1.807) is 0 Å². The molecule has 1 unspecified atom stereocenters. The van der Waals surface area contributed by atoms with Gasteiger partial charge in [0.25, 0.3) is 0 Å². The minimum absolute atomic E-state index is 0.118. The number of piperidine rings is 1. The Morgan fingerprint density at radius 2 is 1.96 bits per heavy atom. The van der Waals surface area contributed by atoms with E-state index in [1.165, 1.54) is 32.1 Å². The second kappa shape index (κ2) is 7.01. The molecule has 1 saturated carbocycles. The van der Waals surface area contributed by atoms with Crippen LogP contribution in [0.5, 0.6) is 0 Å². The molecule has 1 aliphatic carbocycles. The second-order valence-electron chi connectivity index (χ2n) is 8.78. The van der Waals surface area contributed by atoms with Gasteiger partial charge in [-0.05, 0) is 39.0 Å². The van der Waals surface area contributed by atoms with Gasteiger partial charge in [0.1, 0.15) is 0 Å². The van der Waals surface area contributed by atoms with Crippen LogP contribution in [-0.4, -0.2) is 46.1 Å². The molecule has 2 saturated heterocycles. The van der Waals surface area contributed by atoms with E-state index in [-0.39, 0.29) is 5.60 Å². The third kappa shape index (κ3) is 4.09. The van der Waals surface area contributed by atoms with Gasteiger partial charge in [-0.2, -0.15) is 0 Å². The minimum atomic E-state index is -0.569. The molecule has 0 aromatic carbocycles. The molecule has 0 radical (unpaired) electrons. The number of rotatable bonds is 3. The van der Waals surface area contributed by atoms with Gasteiger partial charge < -0.3 is 14.4 Å². The molecule has 1 atom stereocenters. The number of aromatic nitrogens is 1. The number of likely N-dealkylation sites (tertiary alicyclic amines) is 1. The summed E-state index contributed by atoms with van der Waals surface area (Å²) in [5.74, 6) is 1.60. The average Bonchev–Trinajstić information content (AvgIpc) is 3.06. The van der Waals surface area contributed by atoms with Crippen molar-refractivity contribution in [1.82, 2.24) is 10.1 Å². The Kier molecular flexibility index (Phi) is 4.91. The Hall–Kier alpha value is -0.910. The van der Waals surface area contributed by atoms with Crippen molar-refractivity contribution in [3.8, 4) is 0 Å². The standard InChI is InChI=1S/C20H32N2O3/c1-19(23)9-12-24-20(15-19)7-10-22(11-8-20)14-17-13-18(21-25-17)16-5-3-2-4-6-16/h13,16,23H,2-12,14-15H2,1H3. The van der Waals surface area contributed by atoms with Crippen LogP contribution >= 0.6 is 0 Å². The van der Waals surface area contributed by atoms with Gasteiger partial charge in [0.15, 0.2) is 5.76 Å². The van der Waals surface area contributed by atoms with Crippen molar-refractivity contribution in [2.45, 2.75) is 88.4 Å². The third-order valence-corrected chi connectivity index (χ3v) is 6.50. The first-order chi connectivity index (χ1) is 12.0. The predicted octanol–water partition coefficient (Wildman–Crippen LogP) is 3.62. The first-order valence-corrected chi connectivity index (χ1v) is 10.1. The minimum Gasteiger partial charge on any atom is -0.390 e. The van der Waals surface area contributed by atoms with Gasteiger partial charge >= 0.3 is 0 Å². The van der Waals surface area contributed by atoms with Crippen LogP contribution in [0.15, 0.2) is 10.6 Å². The monoisotopic (exact) mass is 348 g/mol. The smallest absolute Gasteiger partial charge is 0.150 e. The zero-order valence-electron chi connectivity index (χ0n) is 15.5. The molecule has 0 bridgehead atoms. The van der Waals surface area contributed by atoms with Crippen LogP contribution < -0.4 is 0 Å². The molecule has 3 heterocycles. The summed E-state index contributed by atoms with van der Waals surface area (Å²) < 4.78 is 11.7. The Bertz CT molecular complexity index is 569. The number of hydrogen-bond acceptors (Lipinski definition) is 5. The van der Waals surface area contributed by atoms with Crippen molar-refractivity contribution < 1.29 is 14.4 Å². The lowest BCUT2D eigenvalue weighted by molar-refractivity contribution is -0.173. The quantitative estimate of drug-likeness (QED) is 0.904. The lowest BCUT2D eigenvalue weighted by Crippen LogP contribution is -2.53. The lowest BCUT2D eigenvalue weighted by atomic mass is 9.78. The fraction of sp³-hybridized carbons (Fsp3) is 0.850. The maximum absolute atomic E-state index is 10.4. The normalized spacial score (nSPS) is 31.4. The number of aliphatic hydroxyl groups is 1. The zero-order chi connectivity index (χ0) is 17.3. The van der Waals surface area contributed by atoms with E-state index in [1.807, 2.05) is 6.92 Å². The van der Waals surface area contributed by atoms with E-state index in [4.69, 9.17) is 9.26 Å². The van der Waals surface area contributed by atoms with E-state index in [2.05, 4.69) is 16.1 Å². The van der Waals surface area contributed by atoms with E-state index in [9.17, 15) is 5.11 Å². The molecular formula is C20H32N2O3. The van der Waals surface area contributed by atoms with E-state index in [0.29, 0.717) is 12.5 Å². The third-order valence-electron chi connectivity index (χ3n) is 6.50.